The molecule has 8 nitrogen and oxygen atoms in total. The van der Waals surface area contributed by atoms with Gasteiger partial charge >= 0.3 is 0 Å². The molecule has 4 rings (SSSR count). The van der Waals surface area contributed by atoms with Crippen LogP contribution in [0.2, 0.25) is 0 Å². The molecular formula is C23H29N3O5S. The smallest absolute Gasteiger partial charge is 0.257 e. The van der Waals surface area contributed by atoms with E-state index in [0.717, 1.165) is 29.0 Å². The summed E-state index contributed by atoms with van der Waals surface area (Å²) in [6.45, 7) is 5.61. The number of hydrogen-bond acceptors (Lipinski definition) is 8. The number of carbonyl (C=O) groups excluding carboxylic acids is 1. The molecule has 1 amide bonds. The quantitative estimate of drug-likeness (QED) is 0.538. The lowest BCUT2D eigenvalue weighted by atomic mass is 10.1. The molecule has 1 fully saturated rings. The highest BCUT2D eigenvalue weighted by Crippen LogP contribution is 2.32. The fourth-order valence-electron chi connectivity index (χ4n) is 3.52. The molecular weight excluding hydrogens is 430 g/mol. The van der Waals surface area contributed by atoms with Gasteiger partial charge in [0.15, 0.2) is 5.13 Å². The van der Waals surface area contributed by atoms with Crippen molar-refractivity contribution in [3.8, 4) is 5.75 Å². The first-order valence-corrected chi connectivity index (χ1v) is 11.2. The van der Waals surface area contributed by atoms with Gasteiger partial charge in [0.2, 0.25) is 0 Å². The van der Waals surface area contributed by atoms with E-state index >= 15 is 0 Å². The number of benzene rings is 2. The predicted molar refractivity (Wildman–Crippen MR) is 127 cm³/mol. The maximum Gasteiger partial charge on any atom is 0.257 e. The number of anilines is 2. The second-order valence-electron chi connectivity index (χ2n) is 7.44. The van der Waals surface area contributed by atoms with Crippen molar-refractivity contribution in [2.75, 3.05) is 43.6 Å². The van der Waals surface area contributed by atoms with Crippen molar-refractivity contribution in [3.63, 3.8) is 0 Å². The molecule has 0 aliphatic carbocycles. The molecule has 1 saturated heterocycles. The van der Waals surface area contributed by atoms with Crippen molar-refractivity contribution in [2.45, 2.75) is 26.1 Å². The molecule has 2 heterocycles. The molecule has 0 bridgehead atoms. The number of carbonyl (C=O) groups is 1. The number of para-hydroxylation sites is 1. The minimum absolute atomic E-state index is 0.125. The van der Waals surface area contributed by atoms with E-state index < -0.39 is 0 Å². The molecule has 2 aromatic carbocycles. The predicted octanol–water partition coefficient (Wildman–Crippen LogP) is 3.14. The fraction of sp³-hybridized carbons (Fsp3) is 0.391. The van der Waals surface area contributed by atoms with E-state index in [1.54, 1.807) is 7.11 Å². The molecule has 3 aromatic rings. The van der Waals surface area contributed by atoms with Gasteiger partial charge in [-0.15, -0.1) is 0 Å². The Morgan fingerprint density at radius 1 is 1.16 bits per heavy atom. The van der Waals surface area contributed by atoms with Crippen molar-refractivity contribution in [3.05, 3.63) is 48.0 Å². The number of nitrogens with zero attached hydrogens (tertiary/aromatic N) is 2. The number of nitrogens with one attached hydrogen (secondary N) is 1. The van der Waals surface area contributed by atoms with Crippen LogP contribution in [0.4, 0.5) is 10.8 Å². The third-order valence-corrected chi connectivity index (χ3v) is 5.77. The zero-order valence-corrected chi connectivity index (χ0v) is 19.3. The van der Waals surface area contributed by atoms with Gasteiger partial charge in [-0.2, -0.15) is 0 Å². The van der Waals surface area contributed by atoms with Crippen LogP contribution in [-0.4, -0.2) is 66.7 Å². The lowest BCUT2D eigenvalue weighted by Gasteiger charge is -2.36. The number of aliphatic hydroxyl groups excluding tert-OH is 2. The first-order valence-electron chi connectivity index (χ1n) is 10.4. The van der Waals surface area contributed by atoms with Crippen molar-refractivity contribution >= 4 is 38.3 Å². The highest BCUT2D eigenvalue weighted by molar-refractivity contribution is 7.22. The summed E-state index contributed by atoms with van der Waals surface area (Å²) in [5.41, 5.74) is 2.46. The van der Waals surface area contributed by atoms with Crippen molar-refractivity contribution < 1.29 is 24.5 Å². The fourth-order valence-corrected chi connectivity index (χ4v) is 4.40. The Balaban J connectivity index is 0.000000668. The number of hydrogen-bond donors (Lipinski definition) is 3. The number of fused-ring (bicyclic) bond motifs is 1. The minimum Gasteiger partial charge on any atom is -0.494 e. The van der Waals surface area contributed by atoms with Gasteiger partial charge in [-0.3, -0.25) is 10.1 Å². The maximum absolute atomic E-state index is 12.6. The van der Waals surface area contributed by atoms with E-state index in [-0.39, 0.29) is 31.3 Å². The summed E-state index contributed by atoms with van der Waals surface area (Å²) >= 11 is 1.43. The second kappa shape index (κ2) is 11.2. The number of aliphatic hydroxyl groups is 2. The summed E-state index contributed by atoms with van der Waals surface area (Å²) in [7, 11) is 1.61. The third-order valence-electron chi connectivity index (χ3n) is 4.84. The van der Waals surface area contributed by atoms with Crippen LogP contribution in [0, 0.1) is 0 Å². The third kappa shape index (κ3) is 5.95. The number of rotatable bonds is 5. The first-order chi connectivity index (χ1) is 15.4. The van der Waals surface area contributed by atoms with Crippen molar-refractivity contribution in [1.29, 1.82) is 0 Å². The van der Waals surface area contributed by atoms with Gasteiger partial charge in [0, 0.05) is 24.3 Å². The van der Waals surface area contributed by atoms with Gasteiger partial charge in [-0.05, 0) is 50.2 Å². The van der Waals surface area contributed by atoms with Crippen LogP contribution in [0.3, 0.4) is 0 Å². The number of amides is 1. The normalized spacial score (nSPS) is 18.1. The summed E-state index contributed by atoms with van der Waals surface area (Å²) in [5, 5.41) is 18.7. The standard InChI is InChI=1S/C21H23N3O3S.C2H6O2/c1-13-11-24(12-14(2)27-13)16-9-7-15(8-10-16)20(25)23-21-22-19-17(26-3)5-4-6-18(19)28-21;3-1-2-4/h4-10,13-14H,11-12H2,1-3H3,(H,22,23,25);3-4H,1-2H2. The van der Waals surface area contributed by atoms with E-state index in [1.807, 2.05) is 42.5 Å². The molecule has 1 aliphatic rings. The summed E-state index contributed by atoms with van der Waals surface area (Å²) in [6, 6.07) is 13.4. The average Bonchev–Trinajstić information content (AvgIpc) is 3.21. The minimum atomic E-state index is -0.173. The number of ether oxygens (including phenoxy) is 2. The lowest BCUT2D eigenvalue weighted by Crippen LogP contribution is -2.45. The van der Waals surface area contributed by atoms with Crippen molar-refractivity contribution in [2.24, 2.45) is 0 Å². The molecule has 3 N–H and O–H groups in total. The number of aromatic nitrogens is 1. The van der Waals surface area contributed by atoms with Crippen LogP contribution in [0.25, 0.3) is 10.2 Å². The maximum atomic E-state index is 12.6. The van der Waals surface area contributed by atoms with Gasteiger partial charge in [0.25, 0.3) is 5.91 Å². The topological polar surface area (TPSA) is 104 Å². The van der Waals surface area contributed by atoms with Gasteiger partial charge in [0.1, 0.15) is 11.3 Å². The van der Waals surface area contributed by atoms with Gasteiger partial charge in [-0.1, -0.05) is 17.4 Å². The van der Waals surface area contributed by atoms with Crippen LogP contribution in [0.5, 0.6) is 5.75 Å². The summed E-state index contributed by atoms with van der Waals surface area (Å²) in [6.07, 6.45) is 0.394. The monoisotopic (exact) mass is 459 g/mol. The Morgan fingerprint density at radius 2 is 1.81 bits per heavy atom. The first kappa shape index (κ1) is 23.9. The SMILES string of the molecule is COc1cccc2sc(NC(=O)c3ccc(N4CC(C)OC(C)C4)cc3)nc12.OCCO. The molecule has 0 radical (unpaired) electrons. The molecule has 0 spiro atoms. The number of morpholine rings is 1. The van der Waals surface area contributed by atoms with Gasteiger partial charge in [0.05, 0.1) is 37.2 Å². The Morgan fingerprint density at radius 3 is 2.41 bits per heavy atom. The Bertz CT molecular complexity index is 1010. The zero-order chi connectivity index (χ0) is 23.1. The molecule has 9 heteroatoms. The van der Waals surface area contributed by atoms with Crippen LogP contribution in [0.15, 0.2) is 42.5 Å². The lowest BCUT2D eigenvalue weighted by molar-refractivity contribution is -0.00522. The van der Waals surface area contributed by atoms with Crippen LogP contribution < -0.4 is 15.0 Å². The van der Waals surface area contributed by atoms with Crippen LogP contribution in [0.1, 0.15) is 24.2 Å². The van der Waals surface area contributed by atoms with E-state index in [4.69, 9.17) is 19.7 Å². The molecule has 2 atom stereocenters. The van der Waals surface area contributed by atoms with E-state index in [9.17, 15) is 4.79 Å². The van der Waals surface area contributed by atoms with E-state index in [0.29, 0.717) is 16.4 Å². The van der Waals surface area contributed by atoms with E-state index in [2.05, 4.69) is 29.0 Å². The average molecular weight is 460 g/mol. The molecule has 32 heavy (non-hydrogen) atoms. The molecule has 1 aliphatic heterocycles. The summed E-state index contributed by atoms with van der Waals surface area (Å²) in [4.78, 5) is 19.4. The number of thiazole rings is 1. The Hall–Kier alpha value is -2.72. The zero-order valence-electron chi connectivity index (χ0n) is 18.4. The number of methoxy groups -OCH3 is 1. The Labute approximate surface area is 191 Å². The summed E-state index contributed by atoms with van der Waals surface area (Å²) in [5.74, 6) is 0.529. The van der Waals surface area contributed by atoms with Gasteiger partial charge in [-0.25, -0.2) is 4.98 Å². The largest absolute Gasteiger partial charge is 0.494 e. The molecule has 2 unspecified atom stereocenters. The highest BCUT2D eigenvalue weighted by atomic mass is 32.1. The van der Waals surface area contributed by atoms with Crippen LogP contribution in [-0.2, 0) is 4.74 Å². The van der Waals surface area contributed by atoms with Crippen molar-refractivity contribution in [1.82, 2.24) is 4.98 Å². The molecule has 1 aromatic heterocycles. The molecule has 172 valence electrons. The van der Waals surface area contributed by atoms with E-state index in [1.165, 1.54) is 11.3 Å². The second-order valence-corrected chi connectivity index (χ2v) is 8.47. The summed E-state index contributed by atoms with van der Waals surface area (Å²) < 4.78 is 12.1. The Kier molecular flexibility index (Phi) is 8.40. The van der Waals surface area contributed by atoms with Crippen LogP contribution >= 0.6 is 11.3 Å². The molecule has 0 saturated carbocycles. The highest BCUT2D eigenvalue weighted by Gasteiger charge is 2.22. The van der Waals surface area contributed by atoms with Gasteiger partial charge < -0.3 is 24.6 Å².